The minimum atomic E-state index is -1.63. The summed E-state index contributed by atoms with van der Waals surface area (Å²) in [6.45, 7) is 6.79. The van der Waals surface area contributed by atoms with Gasteiger partial charge in [-0.2, -0.15) is 0 Å². The normalized spacial score (nSPS) is 28.1. The second-order valence-electron chi connectivity index (χ2n) is 12.9. The van der Waals surface area contributed by atoms with Crippen LogP contribution in [0.15, 0.2) is 30.3 Å². The number of hydrogen-bond donors (Lipinski definition) is 2. The van der Waals surface area contributed by atoms with Gasteiger partial charge in [0.15, 0.2) is 0 Å². The zero-order valence-electron chi connectivity index (χ0n) is 22.2. The first-order valence-corrected chi connectivity index (χ1v) is 14.8. The number of anilines is 2. The molecule has 212 valence electrons. The van der Waals surface area contributed by atoms with E-state index in [1.807, 2.05) is 25.7 Å². The van der Waals surface area contributed by atoms with E-state index in [-0.39, 0.29) is 28.3 Å². The van der Waals surface area contributed by atoms with Crippen LogP contribution in [0.3, 0.4) is 0 Å². The van der Waals surface area contributed by atoms with Crippen molar-refractivity contribution >= 4 is 75.6 Å². The Morgan fingerprint density at radius 2 is 1.68 bits per heavy atom. The number of carbonyl (C=O) groups is 3. The quantitative estimate of drug-likeness (QED) is 0.394. The predicted octanol–water partition coefficient (Wildman–Crippen LogP) is 6.71. The third kappa shape index (κ3) is 4.23. The Morgan fingerprint density at radius 1 is 1.05 bits per heavy atom. The van der Waals surface area contributed by atoms with E-state index in [9.17, 15) is 19.5 Å². The van der Waals surface area contributed by atoms with Crippen LogP contribution in [0, 0.1) is 22.7 Å². The highest BCUT2D eigenvalue weighted by Gasteiger charge is 2.75. The molecule has 0 unspecified atom stereocenters. The van der Waals surface area contributed by atoms with Gasteiger partial charge in [0, 0.05) is 45.5 Å². The number of nitrogens with zero attached hydrogens (tertiary/aromatic N) is 2. The molecule has 4 atom stereocenters. The molecule has 2 aromatic rings. The van der Waals surface area contributed by atoms with E-state index >= 15 is 0 Å². The maximum Gasteiger partial charge on any atom is 0.310 e. The number of aliphatic carboxylic acids is 1. The van der Waals surface area contributed by atoms with E-state index in [1.54, 1.807) is 29.2 Å². The summed E-state index contributed by atoms with van der Waals surface area (Å²) in [6.07, 6.45) is 2.57. The van der Waals surface area contributed by atoms with E-state index in [2.05, 4.69) is 5.32 Å². The Balaban J connectivity index is 1.55. The molecule has 0 aromatic heterocycles. The number of halogens is 4. The zero-order valence-corrected chi connectivity index (χ0v) is 25.3. The number of carboxylic acids is 1. The van der Waals surface area contributed by atoms with Crippen molar-refractivity contribution in [3.8, 4) is 0 Å². The lowest BCUT2D eigenvalue weighted by Gasteiger charge is -2.37. The Hall–Kier alpha value is -2.03. The molecule has 3 aliphatic heterocycles. The number of amides is 2. The highest BCUT2D eigenvalue weighted by Crippen LogP contribution is 2.66. The third-order valence-corrected chi connectivity index (χ3v) is 9.79. The van der Waals surface area contributed by atoms with E-state index in [4.69, 9.17) is 46.4 Å². The van der Waals surface area contributed by atoms with Crippen LogP contribution in [-0.2, 0) is 19.9 Å². The average Bonchev–Trinajstić information content (AvgIpc) is 3.26. The standard InChI is InChI=1S/C29H29Cl4N3O4/c1-27(2,3)12-35(17-7-14(30)6-15(31)8-17)24(37)21-20-11-28(4-5-28)13-36(20)29(22(21)25(38)39)18-9-16(32)10-19(33)23(18)34-26(29)40/h6-10,20-22H,4-5,11-13H2,1-3H3,(H,34,40)(H,38,39)/t20-,21+,22-,29+/m1/s1. The highest BCUT2D eigenvalue weighted by atomic mass is 35.5. The minimum Gasteiger partial charge on any atom is -0.481 e. The number of benzene rings is 2. The van der Waals surface area contributed by atoms with Gasteiger partial charge in [-0.3, -0.25) is 19.3 Å². The molecule has 11 heteroatoms. The van der Waals surface area contributed by atoms with Crippen LogP contribution < -0.4 is 10.2 Å². The Bertz CT molecular complexity index is 1450. The van der Waals surface area contributed by atoms with Gasteiger partial charge in [0.1, 0.15) is 11.5 Å². The van der Waals surface area contributed by atoms with E-state index in [0.717, 1.165) is 12.8 Å². The third-order valence-electron chi connectivity index (χ3n) is 8.84. The van der Waals surface area contributed by atoms with Crippen molar-refractivity contribution in [2.75, 3.05) is 23.3 Å². The molecule has 3 fully saturated rings. The first kappa shape index (κ1) is 28.1. The van der Waals surface area contributed by atoms with E-state index in [0.29, 0.717) is 45.0 Å². The van der Waals surface area contributed by atoms with Crippen molar-refractivity contribution in [3.05, 3.63) is 56.0 Å². The maximum absolute atomic E-state index is 14.8. The van der Waals surface area contributed by atoms with Gasteiger partial charge in [-0.25, -0.2) is 0 Å². The first-order chi connectivity index (χ1) is 18.7. The van der Waals surface area contributed by atoms with Gasteiger partial charge in [0.2, 0.25) is 5.91 Å². The van der Waals surface area contributed by atoms with Crippen LogP contribution in [0.5, 0.6) is 0 Å². The van der Waals surface area contributed by atoms with Crippen LogP contribution in [0.2, 0.25) is 20.1 Å². The van der Waals surface area contributed by atoms with Crippen molar-refractivity contribution in [3.63, 3.8) is 0 Å². The van der Waals surface area contributed by atoms with Gasteiger partial charge >= 0.3 is 5.97 Å². The molecule has 2 N–H and O–H groups in total. The monoisotopic (exact) mass is 623 g/mol. The molecule has 1 saturated carbocycles. The molecular weight excluding hydrogens is 596 g/mol. The summed E-state index contributed by atoms with van der Waals surface area (Å²) in [5.74, 6) is -4.50. The second kappa shape index (κ2) is 9.23. The van der Waals surface area contributed by atoms with Gasteiger partial charge in [-0.05, 0) is 60.4 Å². The molecule has 0 bridgehead atoms. The summed E-state index contributed by atoms with van der Waals surface area (Å²) in [6, 6.07) is 7.56. The van der Waals surface area contributed by atoms with Gasteiger partial charge in [0.25, 0.3) is 5.91 Å². The van der Waals surface area contributed by atoms with Crippen LogP contribution in [-0.4, -0.2) is 46.9 Å². The molecule has 2 amide bonds. The van der Waals surface area contributed by atoms with Crippen LogP contribution in [0.1, 0.15) is 45.6 Å². The van der Waals surface area contributed by atoms with Crippen molar-refractivity contribution in [1.82, 2.24) is 4.90 Å². The molecule has 0 radical (unpaired) electrons. The summed E-state index contributed by atoms with van der Waals surface area (Å²) in [5, 5.41) is 14.9. The lowest BCUT2D eigenvalue weighted by Crippen LogP contribution is -2.54. The Morgan fingerprint density at radius 3 is 2.25 bits per heavy atom. The molecule has 1 aliphatic carbocycles. The number of carbonyl (C=O) groups excluding carboxylic acids is 2. The van der Waals surface area contributed by atoms with Gasteiger partial charge < -0.3 is 15.3 Å². The van der Waals surface area contributed by atoms with Crippen molar-refractivity contribution in [2.24, 2.45) is 22.7 Å². The second-order valence-corrected chi connectivity index (χ2v) is 14.6. The number of rotatable bonds is 4. The SMILES string of the molecule is CC(C)(C)CN(C(=O)[C@H]1[C@H]2CC3(CC3)CN2[C@]2(C(=O)Nc3c(Cl)cc(Cl)cc32)[C@H]1C(=O)O)c1cc(Cl)cc(Cl)c1. The number of hydrogen-bond acceptors (Lipinski definition) is 4. The topological polar surface area (TPSA) is 90.0 Å². The molecule has 2 spiro atoms. The minimum absolute atomic E-state index is 0.0424. The van der Waals surface area contributed by atoms with Crippen LogP contribution >= 0.6 is 46.4 Å². The fourth-order valence-corrected chi connectivity index (χ4v) is 8.27. The molecule has 2 aromatic carbocycles. The number of carboxylic acid groups (broad SMARTS) is 1. The number of fused-ring (bicyclic) bond motifs is 4. The van der Waals surface area contributed by atoms with Crippen molar-refractivity contribution in [2.45, 2.75) is 51.6 Å². The van der Waals surface area contributed by atoms with Gasteiger partial charge in [-0.1, -0.05) is 67.2 Å². The fourth-order valence-electron chi connectivity index (χ4n) is 7.22. The molecule has 6 rings (SSSR count). The number of nitrogens with one attached hydrogen (secondary N) is 1. The van der Waals surface area contributed by atoms with Gasteiger partial charge in [0.05, 0.1) is 16.6 Å². The maximum atomic E-state index is 14.8. The smallest absolute Gasteiger partial charge is 0.310 e. The molecule has 3 heterocycles. The first-order valence-electron chi connectivity index (χ1n) is 13.2. The van der Waals surface area contributed by atoms with E-state index in [1.165, 1.54) is 6.07 Å². The average molecular weight is 625 g/mol. The van der Waals surface area contributed by atoms with Crippen molar-refractivity contribution < 1.29 is 19.5 Å². The molecule has 7 nitrogen and oxygen atoms in total. The predicted molar refractivity (Wildman–Crippen MR) is 156 cm³/mol. The molecular formula is C29H29Cl4N3O4. The van der Waals surface area contributed by atoms with Crippen LogP contribution in [0.4, 0.5) is 11.4 Å². The summed E-state index contributed by atoms with van der Waals surface area (Å²) in [7, 11) is 0. The molecule has 40 heavy (non-hydrogen) atoms. The summed E-state index contributed by atoms with van der Waals surface area (Å²) in [5.41, 5.74) is -0.778. The summed E-state index contributed by atoms with van der Waals surface area (Å²) in [4.78, 5) is 45.7. The Labute approximate surface area is 252 Å². The molecule has 4 aliphatic rings. The Kier molecular flexibility index (Phi) is 6.49. The van der Waals surface area contributed by atoms with Crippen LogP contribution in [0.25, 0.3) is 0 Å². The van der Waals surface area contributed by atoms with Gasteiger partial charge in [-0.15, -0.1) is 0 Å². The lowest BCUT2D eigenvalue weighted by molar-refractivity contribution is -0.152. The van der Waals surface area contributed by atoms with E-state index < -0.39 is 35.3 Å². The molecule has 2 saturated heterocycles. The summed E-state index contributed by atoms with van der Waals surface area (Å²) < 4.78 is 0. The zero-order chi connectivity index (χ0) is 28.9. The lowest BCUT2D eigenvalue weighted by atomic mass is 9.72. The van der Waals surface area contributed by atoms with Crippen molar-refractivity contribution in [1.29, 1.82) is 0 Å². The summed E-state index contributed by atoms with van der Waals surface area (Å²) >= 11 is 25.6. The fraction of sp³-hybridized carbons (Fsp3) is 0.483. The highest BCUT2D eigenvalue weighted by molar-refractivity contribution is 6.38. The largest absolute Gasteiger partial charge is 0.481 e.